The van der Waals surface area contributed by atoms with Gasteiger partial charge in [-0.2, -0.15) is 8.42 Å². The van der Waals surface area contributed by atoms with Crippen LogP contribution < -0.4 is 4.18 Å². The summed E-state index contributed by atoms with van der Waals surface area (Å²) >= 11 is 0. The number of hydrogen-bond donors (Lipinski definition) is 3. The molecule has 156 valence electrons. The van der Waals surface area contributed by atoms with Crippen LogP contribution in [0.5, 0.6) is 5.75 Å². The molecule has 8 nitrogen and oxygen atoms in total. The smallest absolute Gasteiger partial charge is 0.446 e. The monoisotopic (exact) mass is 414 g/mol. The molecule has 9 heteroatoms. The van der Waals surface area contributed by atoms with Crippen LogP contribution in [0.15, 0.2) is 35.9 Å². The normalized spacial score (nSPS) is 15.8. The first-order chi connectivity index (χ1) is 13.2. The number of aromatic carboxylic acids is 1. The second kappa shape index (κ2) is 12.1. The molecule has 0 bridgehead atoms. The molecule has 0 aliphatic heterocycles. The van der Waals surface area contributed by atoms with E-state index >= 15 is 0 Å². The summed E-state index contributed by atoms with van der Waals surface area (Å²) in [7, 11) is -4.70. The predicted molar refractivity (Wildman–Crippen MR) is 103 cm³/mol. The fourth-order valence-corrected chi connectivity index (χ4v) is 3.12. The Bertz CT molecular complexity index is 783. The quantitative estimate of drug-likeness (QED) is 0.626. The van der Waals surface area contributed by atoms with E-state index in [1.165, 1.54) is 44.2 Å². The van der Waals surface area contributed by atoms with Crippen molar-refractivity contribution in [2.24, 2.45) is 0 Å². The second-order valence-corrected chi connectivity index (χ2v) is 7.38. The Morgan fingerprint density at radius 3 is 2.00 bits per heavy atom. The first kappa shape index (κ1) is 23.6. The highest BCUT2D eigenvalue weighted by Gasteiger charge is 2.15. The maximum atomic E-state index is 10.8. The summed E-state index contributed by atoms with van der Waals surface area (Å²) in [4.78, 5) is 21.4. The standard InChI is InChI=1S/C12H20O2.C7H6O6S/c13-12(14)11-9-7-5-3-1-2-4-6-8-10-11;8-7(9)5-3-1-2-4-6(5)13-14(10,11)12/h9H,1-8,10H2,(H,13,14);1-4H,(H,8,9)(H,10,11,12). The number of hydrogen-bond acceptors (Lipinski definition) is 5. The van der Waals surface area contributed by atoms with Crippen molar-refractivity contribution in [2.45, 2.75) is 57.8 Å². The highest BCUT2D eigenvalue weighted by molar-refractivity contribution is 7.81. The molecule has 0 fully saturated rings. The number of rotatable bonds is 4. The molecule has 3 N–H and O–H groups in total. The molecule has 1 aliphatic carbocycles. The van der Waals surface area contributed by atoms with Gasteiger partial charge in [-0.15, -0.1) is 0 Å². The summed E-state index contributed by atoms with van der Waals surface area (Å²) in [5, 5.41) is 17.5. The van der Waals surface area contributed by atoms with Crippen LogP contribution in [0.1, 0.15) is 68.1 Å². The van der Waals surface area contributed by atoms with Crippen LogP contribution in [0.25, 0.3) is 0 Å². The number of carboxylic acids is 2. The first-order valence-corrected chi connectivity index (χ1v) is 10.5. The Hall–Kier alpha value is -2.39. The largest absolute Gasteiger partial charge is 0.478 e. The van der Waals surface area contributed by atoms with E-state index in [4.69, 9.17) is 14.8 Å². The van der Waals surface area contributed by atoms with E-state index in [-0.39, 0.29) is 5.56 Å². The van der Waals surface area contributed by atoms with Crippen molar-refractivity contribution in [3.8, 4) is 5.75 Å². The number of benzene rings is 1. The van der Waals surface area contributed by atoms with Gasteiger partial charge in [0.15, 0.2) is 5.75 Å². The maximum Gasteiger partial charge on any atom is 0.446 e. The second-order valence-electron chi connectivity index (χ2n) is 6.36. The Morgan fingerprint density at radius 1 is 0.857 bits per heavy atom. The Morgan fingerprint density at radius 2 is 1.43 bits per heavy atom. The summed E-state index contributed by atoms with van der Waals surface area (Å²) in [6.45, 7) is 0. The zero-order valence-corrected chi connectivity index (χ0v) is 16.4. The molecule has 28 heavy (non-hydrogen) atoms. The van der Waals surface area contributed by atoms with E-state index in [0.29, 0.717) is 5.57 Å². The van der Waals surface area contributed by atoms with Crippen molar-refractivity contribution in [1.29, 1.82) is 0 Å². The van der Waals surface area contributed by atoms with Crippen molar-refractivity contribution in [3.05, 3.63) is 41.5 Å². The SMILES string of the molecule is O=C(O)C1=CCCCCCCCCC1.O=C(O)c1ccccc1OS(=O)(=O)O. The minimum atomic E-state index is -4.70. The number of carboxylic acid groups (broad SMARTS) is 2. The van der Waals surface area contributed by atoms with Crippen molar-refractivity contribution >= 4 is 22.3 Å². The number of aliphatic carboxylic acids is 1. The lowest BCUT2D eigenvalue weighted by Gasteiger charge is -2.03. The van der Waals surface area contributed by atoms with Crippen molar-refractivity contribution in [2.75, 3.05) is 0 Å². The molecule has 0 radical (unpaired) electrons. The molecule has 1 aromatic rings. The first-order valence-electron chi connectivity index (χ1n) is 9.12. The molecule has 0 aromatic heterocycles. The molecule has 0 atom stereocenters. The third-order valence-corrected chi connectivity index (χ3v) is 4.52. The van der Waals surface area contributed by atoms with Crippen molar-refractivity contribution in [1.82, 2.24) is 0 Å². The fourth-order valence-electron chi connectivity index (χ4n) is 2.75. The van der Waals surface area contributed by atoms with Crippen LogP contribution in [-0.4, -0.2) is 35.1 Å². The van der Waals surface area contributed by atoms with Crippen LogP contribution in [0.2, 0.25) is 0 Å². The Kier molecular flexibility index (Phi) is 10.3. The topological polar surface area (TPSA) is 138 Å². The van der Waals surface area contributed by atoms with E-state index in [1.54, 1.807) is 0 Å². The Labute approximate surface area is 164 Å². The molecule has 0 heterocycles. The molecular formula is C19H26O8S. The fraction of sp³-hybridized carbons (Fsp3) is 0.474. The van der Waals surface area contributed by atoms with Gasteiger partial charge in [0.25, 0.3) is 0 Å². The van der Waals surface area contributed by atoms with Gasteiger partial charge in [-0.05, 0) is 37.8 Å². The van der Waals surface area contributed by atoms with E-state index in [9.17, 15) is 18.0 Å². The number of para-hydroxylation sites is 1. The number of allylic oxidation sites excluding steroid dienone is 1. The molecule has 0 amide bonds. The van der Waals surface area contributed by atoms with Crippen LogP contribution in [0.3, 0.4) is 0 Å². The summed E-state index contributed by atoms with van der Waals surface area (Å²) in [5.74, 6) is -2.49. The third kappa shape index (κ3) is 10.1. The van der Waals surface area contributed by atoms with Gasteiger partial charge in [-0.3, -0.25) is 4.55 Å². The van der Waals surface area contributed by atoms with Gasteiger partial charge >= 0.3 is 22.3 Å². The number of carbonyl (C=O) groups is 2. The van der Waals surface area contributed by atoms with Crippen molar-refractivity contribution < 1.29 is 37.0 Å². The maximum absolute atomic E-state index is 10.8. The van der Waals surface area contributed by atoms with E-state index in [0.717, 1.165) is 37.8 Å². The lowest BCUT2D eigenvalue weighted by molar-refractivity contribution is -0.132. The highest BCUT2D eigenvalue weighted by atomic mass is 32.3. The molecule has 0 saturated heterocycles. The minimum Gasteiger partial charge on any atom is -0.478 e. The molecule has 0 unspecified atom stereocenters. The van der Waals surface area contributed by atoms with Gasteiger partial charge in [-0.1, -0.05) is 50.3 Å². The molecular weight excluding hydrogens is 388 g/mol. The van der Waals surface area contributed by atoms with Gasteiger partial charge in [0.1, 0.15) is 5.56 Å². The third-order valence-electron chi connectivity index (χ3n) is 4.13. The summed E-state index contributed by atoms with van der Waals surface area (Å²) in [6.07, 6.45) is 12.2. The average Bonchev–Trinajstić information content (AvgIpc) is 2.66. The predicted octanol–water partition coefficient (Wildman–Crippen LogP) is 4.09. The van der Waals surface area contributed by atoms with Crippen LogP contribution >= 0.6 is 0 Å². The molecule has 1 aliphatic rings. The Balaban J connectivity index is 0.000000280. The molecule has 2 rings (SSSR count). The lowest BCUT2D eigenvalue weighted by atomic mass is 10.1. The minimum absolute atomic E-state index is 0.342. The zero-order chi connectivity index (χ0) is 21.0. The zero-order valence-electron chi connectivity index (χ0n) is 15.5. The van der Waals surface area contributed by atoms with Crippen LogP contribution in [0.4, 0.5) is 0 Å². The van der Waals surface area contributed by atoms with Crippen LogP contribution in [-0.2, 0) is 15.2 Å². The lowest BCUT2D eigenvalue weighted by Crippen LogP contribution is -2.10. The molecule has 1 aromatic carbocycles. The van der Waals surface area contributed by atoms with E-state index < -0.39 is 28.1 Å². The molecule has 0 spiro atoms. The summed E-state index contributed by atoms with van der Waals surface area (Å²) in [6, 6.07) is 5.06. The van der Waals surface area contributed by atoms with Gasteiger partial charge in [0, 0.05) is 5.57 Å². The summed E-state index contributed by atoms with van der Waals surface area (Å²) < 4.78 is 33.0. The van der Waals surface area contributed by atoms with Crippen LogP contribution in [0, 0.1) is 0 Å². The van der Waals surface area contributed by atoms with Gasteiger partial charge < -0.3 is 14.4 Å². The van der Waals surface area contributed by atoms with Crippen molar-refractivity contribution in [3.63, 3.8) is 0 Å². The van der Waals surface area contributed by atoms with Gasteiger partial charge in [0.05, 0.1) is 0 Å². The highest BCUT2D eigenvalue weighted by Crippen LogP contribution is 2.19. The molecule has 0 saturated carbocycles. The van der Waals surface area contributed by atoms with Gasteiger partial charge in [-0.25, -0.2) is 9.59 Å². The van der Waals surface area contributed by atoms with Gasteiger partial charge in [0.2, 0.25) is 0 Å². The van der Waals surface area contributed by atoms with E-state index in [2.05, 4.69) is 4.18 Å². The summed E-state index contributed by atoms with van der Waals surface area (Å²) in [5.41, 5.74) is 0.289. The average molecular weight is 414 g/mol. The van der Waals surface area contributed by atoms with E-state index in [1.807, 2.05) is 6.08 Å².